The van der Waals surface area contributed by atoms with E-state index in [0.29, 0.717) is 13.2 Å². The third kappa shape index (κ3) is 12.3. The summed E-state index contributed by atoms with van der Waals surface area (Å²) in [6.07, 6.45) is 16.3. The maximum atomic E-state index is 5.91. The molecule has 0 bridgehead atoms. The molecule has 0 saturated carbocycles. The van der Waals surface area contributed by atoms with Crippen molar-refractivity contribution in [2.45, 2.75) is 96.9 Å². The van der Waals surface area contributed by atoms with Crippen LogP contribution in [-0.2, 0) is 14.2 Å². The predicted octanol–water partition coefficient (Wildman–Crippen LogP) is 5.50. The van der Waals surface area contributed by atoms with E-state index in [9.17, 15) is 0 Å². The zero-order valence-corrected chi connectivity index (χ0v) is 18.2. The van der Waals surface area contributed by atoms with Crippen molar-refractivity contribution in [2.75, 3.05) is 47.0 Å². The molecule has 0 amide bonds. The van der Waals surface area contributed by atoms with Crippen molar-refractivity contribution in [3.05, 3.63) is 0 Å². The second kappa shape index (κ2) is 13.9. The van der Waals surface area contributed by atoms with E-state index >= 15 is 0 Å². The molecule has 156 valence electrons. The quantitative estimate of drug-likeness (QED) is 0.298. The zero-order valence-electron chi connectivity index (χ0n) is 18.2. The van der Waals surface area contributed by atoms with Gasteiger partial charge in [0, 0.05) is 6.92 Å². The van der Waals surface area contributed by atoms with Crippen LogP contribution < -0.4 is 0 Å². The smallest absolute Gasteiger partial charge is 0.280 e. The molecule has 1 fully saturated rings. The van der Waals surface area contributed by atoms with E-state index in [1.807, 2.05) is 6.92 Å². The Labute approximate surface area is 163 Å². The lowest BCUT2D eigenvalue weighted by Crippen LogP contribution is -2.51. The molecule has 0 aromatic carbocycles. The monoisotopic (exact) mass is 372 g/mol. The third-order valence-electron chi connectivity index (χ3n) is 5.48. The van der Waals surface area contributed by atoms with Crippen LogP contribution in [0, 0.1) is 0 Å². The number of unbranched alkanes of at least 4 members (excludes halogenated alkanes) is 11. The van der Waals surface area contributed by atoms with Crippen LogP contribution in [0.5, 0.6) is 0 Å². The number of quaternary nitrogens is 1. The van der Waals surface area contributed by atoms with Gasteiger partial charge in [-0.3, -0.25) is 0 Å². The molecule has 0 N–H and O–H groups in total. The lowest BCUT2D eigenvalue weighted by molar-refractivity contribution is -0.894. The molecule has 1 heterocycles. The van der Waals surface area contributed by atoms with Gasteiger partial charge < -0.3 is 18.7 Å². The minimum Gasteiger partial charge on any atom is -0.328 e. The Balaban J connectivity index is 1.92. The van der Waals surface area contributed by atoms with Crippen LogP contribution in [0.15, 0.2) is 0 Å². The van der Waals surface area contributed by atoms with Crippen molar-refractivity contribution in [1.82, 2.24) is 0 Å². The van der Waals surface area contributed by atoms with E-state index in [1.54, 1.807) is 0 Å². The van der Waals surface area contributed by atoms with E-state index in [1.165, 1.54) is 70.6 Å². The standard InChI is InChI=1S/C22H46NO3/c1-5-6-7-8-9-10-11-12-13-14-15-16-19-24-22(2)25-20-17-23(3,4)18-21-26-22/h5-21H2,1-4H3/q+1. The molecule has 0 aliphatic carbocycles. The molecule has 0 spiro atoms. The molecule has 0 aromatic heterocycles. The summed E-state index contributed by atoms with van der Waals surface area (Å²) in [6.45, 7) is 8.29. The van der Waals surface area contributed by atoms with Gasteiger partial charge in [-0.15, -0.1) is 0 Å². The normalized spacial score (nSPS) is 19.8. The SMILES string of the molecule is CCCCCCCCCCCCCCOC1(C)OCC[N+](C)(C)CCO1. The number of likely N-dealkylation sites (N-methyl/N-ethyl adjacent to an activating group) is 1. The fourth-order valence-corrected chi connectivity index (χ4v) is 3.39. The van der Waals surface area contributed by atoms with Gasteiger partial charge in [-0.2, -0.15) is 0 Å². The molecular weight excluding hydrogens is 326 g/mol. The van der Waals surface area contributed by atoms with Gasteiger partial charge >= 0.3 is 0 Å². The first-order chi connectivity index (χ1) is 12.5. The van der Waals surface area contributed by atoms with Gasteiger partial charge in [0.2, 0.25) is 0 Å². The Hall–Kier alpha value is -0.160. The predicted molar refractivity (Wildman–Crippen MR) is 109 cm³/mol. The van der Waals surface area contributed by atoms with Crippen molar-refractivity contribution in [2.24, 2.45) is 0 Å². The van der Waals surface area contributed by atoms with Gasteiger partial charge in [-0.1, -0.05) is 77.6 Å². The topological polar surface area (TPSA) is 27.7 Å². The first-order valence-corrected chi connectivity index (χ1v) is 11.2. The van der Waals surface area contributed by atoms with Crippen molar-refractivity contribution in [1.29, 1.82) is 0 Å². The average Bonchev–Trinajstić information content (AvgIpc) is 2.57. The molecule has 0 aromatic rings. The Morgan fingerprint density at radius 3 is 1.62 bits per heavy atom. The summed E-state index contributed by atoms with van der Waals surface area (Å²) in [4.78, 5) is 0. The Morgan fingerprint density at radius 2 is 1.15 bits per heavy atom. The lowest BCUT2D eigenvalue weighted by Gasteiger charge is -2.37. The molecule has 0 atom stereocenters. The summed E-state index contributed by atoms with van der Waals surface area (Å²) < 4.78 is 18.6. The average molecular weight is 373 g/mol. The maximum Gasteiger partial charge on any atom is 0.280 e. The van der Waals surface area contributed by atoms with Crippen LogP contribution in [0.25, 0.3) is 0 Å². The number of hydrogen-bond donors (Lipinski definition) is 0. The van der Waals surface area contributed by atoms with E-state index in [0.717, 1.165) is 30.6 Å². The lowest BCUT2D eigenvalue weighted by atomic mass is 10.1. The van der Waals surface area contributed by atoms with Crippen LogP contribution in [-0.4, -0.2) is 57.5 Å². The summed E-state index contributed by atoms with van der Waals surface area (Å²) in [6, 6.07) is 0. The molecule has 1 saturated heterocycles. The van der Waals surface area contributed by atoms with Crippen molar-refractivity contribution in [3.8, 4) is 0 Å². The first-order valence-electron chi connectivity index (χ1n) is 11.2. The van der Waals surface area contributed by atoms with Crippen LogP contribution in [0.1, 0.15) is 90.9 Å². The van der Waals surface area contributed by atoms with Crippen molar-refractivity contribution in [3.63, 3.8) is 0 Å². The van der Waals surface area contributed by atoms with E-state index in [2.05, 4.69) is 21.0 Å². The molecule has 4 nitrogen and oxygen atoms in total. The molecular formula is C22H46NO3+. The minimum atomic E-state index is -0.849. The van der Waals surface area contributed by atoms with E-state index in [4.69, 9.17) is 14.2 Å². The molecule has 0 radical (unpaired) electrons. The van der Waals surface area contributed by atoms with Crippen LogP contribution in [0.3, 0.4) is 0 Å². The van der Waals surface area contributed by atoms with Gasteiger partial charge in [0.25, 0.3) is 5.97 Å². The fourth-order valence-electron chi connectivity index (χ4n) is 3.39. The molecule has 26 heavy (non-hydrogen) atoms. The molecule has 4 heteroatoms. The van der Waals surface area contributed by atoms with E-state index in [-0.39, 0.29) is 0 Å². The van der Waals surface area contributed by atoms with Crippen LogP contribution in [0.4, 0.5) is 0 Å². The summed E-state index contributed by atoms with van der Waals surface area (Å²) in [5, 5.41) is 0. The highest BCUT2D eigenvalue weighted by Crippen LogP contribution is 2.19. The zero-order chi connectivity index (χ0) is 19.1. The number of nitrogens with zero attached hydrogens (tertiary/aromatic N) is 1. The molecule has 0 unspecified atom stereocenters. The second-order valence-electron chi connectivity index (χ2n) is 8.68. The number of hydrogen-bond acceptors (Lipinski definition) is 3. The van der Waals surface area contributed by atoms with Crippen LogP contribution >= 0.6 is 0 Å². The highest BCUT2D eigenvalue weighted by Gasteiger charge is 2.31. The van der Waals surface area contributed by atoms with E-state index < -0.39 is 5.97 Å². The Kier molecular flexibility index (Phi) is 12.8. The molecule has 1 aliphatic heterocycles. The third-order valence-corrected chi connectivity index (χ3v) is 5.48. The highest BCUT2D eigenvalue weighted by atomic mass is 16.9. The fraction of sp³-hybridized carbons (Fsp3) is 1.00. The number of ether oxygens (including phenoxy) is 3. The minimum absolute atomic E-state index is 0.682. The van der Waals surface area contributed by atoms with Gasteiger partial charge in [0.1, 0.15) is 26.3 Å². The van der Waals surface area contributed by atoms with Crippen LogP contribution in [0.2, 0.25) is 0 Å². The maximum absolute atomic E-state index is 5.91. The first kappa shape index (κ1) is 23.9. The van der Waals surface area contributed by atoms with Crippen molar-refractivity contribution < 1.29 is 18.7 Å². The summed E-state index contributed by atoms with van der Waals surface area (Å²) in [5.74, 6) is -0.849. The summed E-state index contributed by atoms with van der Waals surface area (Å²) in [7, 11) is 4.42. The second-order valence-corrected chi connectivity index (χ2v) is 8.68. The van der Waals surface area contributed by atoms with Gasteiger partial charge in [-0.05, 0) is 6.42 Å². The van der Waals surface area contributed by atoms with Gasteiger partial charge in [-0.25, -0.2) is 0 Å². The molecule has 1 rings (SSSR count). The summed E-state index contributed by atoms with van der Waals surface area (Å²) in [5.41, 5.74) is 0. The van der Waals surface area contributed by atoms with Crippen molar-refractivity contribution >= 4 is 0 Å². The Bertz CT molecular complexity index is 321. The molecule has 1 aliphatic rings. The van der Waals surface area contributed by atoms with Gasteiger partial charge in [0.15, 0.2) is 0 Å². The Morgan fingerprint density at radius 1 is 0.731 bits per heavy atom. The van der Waals surface area contributed by atoms with Gasteiger partial charge in [0.05, 0.1) is 20.7 Å². The summed E-state index contributed by atoms with van der Waals surface area (Å²) >= 11 is 0. The largest absolute Gasteiger partial charge is 0.328 e. The highest BCUT2D eigenvalue weighted by molar-refractivity contribution is 4.54. The number of rotatable bonds is 14.